The fourth-order valence-electron chi connectivity index (χ4n) is 4.06. The van der Waals surface area contributed by atoms with Gasteiger partial charge in [0.1, 0.15) is 5.75 Å². The molecule has 31 heavy (non-hydrogen) atoms. The number of H-pyrrole nitrogens is 1. The van der Waals surface area contributed by atoms with Gasteiger partial charge in [0.05, 0.1) is 22.7 Å². The number of rotatable bonds is 7. The molecule has 0 amide bonds. The lowest BCUT2D eigenvalue weighted by Gasteiger charge is -2.32. The molecule has 0 unspecified atom stereocenters. The molecule has 0 atom stereocenters. The van der Waals surface area contributed by atoms with E-state index in [1.54, 1.807) is 6.07 Å². The van der Waals surface area contributed by atoms with E-state index >= 15 is 0 Å². The Labute approximate surface area is 187 Å². The average Bonchev–Trinajstić information content (AvgIpc) is 3.07. The quantitative estimate of drug-likeness (QED) is 0.419. The number of carbonyl (C=O) groups excluding carboxylic acids is 1. The van der Waals surface area contributed by atoms with Crippen LogP contribution in [0.1, 0.15) is 23.7 Å². The molecule has 1 aliphatic heterocycles. The van der Waals surface area contributed by atoms with E-state index in [1.807, 2.05) is 30.3 Å². The number of hydrogen-bond donors (Lipinski definition) is 2. The van der Waals surface area contributed by atoms with Crippen molar-refractivity contribution in [2.24, 2.45) is 0 Å². The highest BCUT2D eigenvalue weighted by atomic mass is 35.5. The van der Waals surface area contributed by atoms with E-state index in [4.69, 9.17) is 16.3 Å². The van der Waals surface area contributed by atoms with Crippen molar-refractivity contribution in [1.82, 2.24) is 14.8 Å². The van der Waals surface area contributed by atoms with Crippen LogP contribution in [0.3, 0.4) is 0 Å². The zero-order valence-electron chi connectivity index (χ0n) is 17.9. The van der Waals surface area contributed by atoms with Gasteiger partial charge in [0.15, 0.2) is 5.78 Å². The van der Waals surface area contributed by atoms with Gasteiger partial charge in [-0.1, -0.05) is 23.7 Å². The summed E-state index contributed by atoms with van der Waals surface area (Å²) in [4.78, 5) is 19.6. The van der Waals surface area contributed by atoms with Crippen LogP contribution in [0.5, 0.6) is 11.6 Å². The lowest BCUT2D eigenvalue weighted by molar-refractivity contribution is 0.101. The number of ketones is 1. The maximum absolute atomic E-state index is 11.9. The molecule has 1 aromatic heterocycles. The molecule has 2 aromatic carbocycles. The Bertz CT molecular complexity index is 1070. The minimum atomic E-state index is -0.197. The number of aromatic hydroxyl groups is 1. The minimum absolute atomic E-state index is 0.129. The van der Waals surface area contributed by atoms with Crippen molar-refractivity contribution in [3.05, 3.63) is 47.0 Å². The molecule has 1 aliphatic rings. The maximum atomic E-state index is 11.9. The van der Waals surface area contributed by atoms with E-state index < -0.39 is 0 Å². The molecular formula is C24H28ClN3O3. The smallest absolute Gasteiger partial charge is 0.200 e. The number of nitrogens with one attached hydrogen (secondary N) is 1. The summed E-state index contributed by atoms with van der Waals surface area (Å²) < 4.78 is 5.91. The van der Waals surface area contributed by atoms with Gasteiger partial charge in [-0.3, -0.25) is 4.79 Å². The summed E-state index contributed by atoms with van der Waals surface area (Å²) in [5.41, 5.74) is 2.65. The Kier molecular flexibility index (Phi) is 6.51. The Balaban J connectivity index is 1.41. The van der Waals surface area contributed by atoms with Crippen LogP contribution in [0.4, 0.5) is 0 Å². The molecule has 6 nitrogen and oxygen atoms in total. The topological polar surface area (TPSA) is 68.8 Å². The largest absolute Gasteiger partial charge is 0.494 e. The van der Waals surface area contributed by atoms with Crippen LogP contribution in [0, 0.1) is 0 Å². The fourth-order valence-corrected chi connectivity index (χ4v) is 4.33. The normalized spacial score (nSPS) is 15.5. The van der Waals surface area contributed by atoms with Crippen LogP contribution in [0.25, 0.3) is 22.0 Å². The second kappa shape index (κ2) is 9.30. The predicted molar refractivity (Wildman–Crippen MR) is 124 cm³/mol. The highest BCUT2D eigenvalue weighted by Crippen LogP contribution is 2.36. The van der Waals surface area contributed by atoms with Crippen LogP contribution >= 0.6 is 11.6 Å². The van der Waals surface area contributed by atoms with Gasteiger partial charge in [0, 0.05) is 43.7 Å². The monoisotopic (exact) mass is 441 g/mol. The molecule has 2 N–H and O–H groups in total. The first kappa shape index (κ1) is 21.7. The van der Waals surface area contributed by atoms with Crippen molar-refractivity contribution in [1.29, 1.82) is 0 Å². The summed E-state index contributed by atoms with van der Waals surface area (Å²) in [5.74, 6) is 0.497. The van der Waals surface area contributed by atoms with Crippen LogP contribution in [-0.4, -0.2) is 72.1 Å². The fraction of sp³-hybridized carbons (Fsp3) is 0.375. The maximum Gasteiger partial charge on any atom is 0.200 e. The van der Waals surface area contributed by atoms with Crippen molar-refractivity contribution in [3.63, 3.8) is 0 Å². The van der Waals surface area contributed by atoms with Crippen molar-refractivity contribution >= 4 is 28.3 Å². The summed E-state index contributed by atoms with van der Waals surface area (Å²) in [6, 6.07) is 11.4. The summed E-state index contributed by atoms with van der Waals surface area (Å²) in [6.45, 7) is 7.69. The van der Waals surface area contributed by atoms with E-state index in [-0.39, 0.29) is 17.2 Å². The van der Waals surface area contributed by atoms with E-state index in [1.165, 1.54) is 6.92 Å². The number of Topliss-reactive ketones (excluding diaryl/α,β-unsaturated/α-hetero) is 1. The molecule has 3 aromatic rings. The first-order valence-corrected chi connectivity index (χ1v) is 11.0. The highest BCUT2D eigenvalue weighted by Gasteiger charge is 2.17. The standard InChI is InChI=1S/C24H28ClN3O3/c1-16(29)23-20-14-19(21(25)15-22(20)26-24(23)30)17-4-6-18(7-5-17)31-13-3-8-28-11-9-27(2)10-12-28/h4-7,14-15,26,30H,3,8-13H2,1-2H3. The predicted octanol–water partition coefficient (Wildman–Crippen LogP) is 4.41. The second-order valence-electron chi connectivity index (χ2n) is 8.15. The minimum Gasteiger partial charge on any atom is -0.494 e. The molecule has 0 bridgehead atoms. The van der Waals surface area contributed by atoms with Crippen molar-refractivity contribution in [2.75, 3.05) is 46.4 Å². The summed E-state index contributed by atoms with van der Waals surface area (Å²) in [6.07, 6.45) is 0.999. The number of likely N-dealkylation sites (N-methyl/N-ethyl adjacent to an activating group) is 1. The zero-order chi connectivity index (χ0) is 22.0. The van der Waals surface area contributed by atoms with Crippen molar-refractivity contribution in [2.45, 2.75) is 13.3 Å². The highest BCUT2D eigenvalue weighted by molar-refractivity contribution is 6.34. The van der Waals surface area contributed by atoms with Crippen molar-refractivity contribution < 1.29 is 14.6 Å². The zero-order valence-corrected chi connectivity index (χ0v) is 18.7. The third-order valence-electron chi connectivity index (χ3n) is 5.87. The molecule has 0 aliphatic carbocycles. The number of benzene rings is 2. The van der Waals surface area contributed by atoms with Crippen LogP contribution in [0.2, 0.25) is 5.02 Å². The SMILES string of the molecule is CC(=O)c1c(O)[nH]c2cc(Cl)c(-c3ccc(OCCCN4CCN(C)CC4)cc3)cc12. The van der Waals surface area contributed by atoms with Crippen LogP contribution in [0.15, 0.2) is 36.4 Å². The van der Waals surface area contributed by atoms with E-state index in [9.17, 15) is 9.90 Å². The van der Waals surface area contributed by atoms with Gasteiger partial charge in [0.2, 0.25) is 5.88 Å². The van der Waals surface area contributed by atoms with Gasteiger partial charge in [-0.25, -0.2) is 0 Å². The van der Waals surface area contributed by atoms with Gasteiger partial charge in [-0.15, -0.1) is 0 Å². The summed E-state index contributed by atoms with van der Waals surface area (Å²) in [7, 11) is 2.17. The molecule has 1 saturated heterocycles. The van der Waals surface area contributed by atoms with E-state index in [0.717, 1.165) is 56.0 Å². The van der Waals surface area contributed by atoms with Gasteiger partial charge < -0.3 is 24.6 Å². The van der Waals surface area contributed by atoms with Gasteiger partial charge >= 0.3 is 0 Å². The molecule has 7 heteroatoms. The first-order chi connectivity index (χ1) is 14.9. The number of aromatic nitrogens is 1. The molecule has 0 spiro atoms. The molecule has 164 valence electrons. The molecule has 0 saturated carbocycles. The Hall–Kier alpha value is -2.54. The lowest BCUT2D eigenvalue weighted by Crippen LogP contribution is -2.44. The van der Waals surface area contributed by atoms with Gasteiger partial charge in [-0.05, 0) is 50.2 Å². The number of halogens is 1. The third-order valence-corrected chi connectivity index (χ3v) is 6.18. The Morgan fingerprint density at radius 2 is 1.87 bits per heavy atom. The van der Waals surface area contributed by atoms with Crippen LogP contribution in [-0.2, 0) is 0 Å². The Morgan fingerprint density at radius 3 is 2.55 bits per heavy atom. The molecule has 4 rings (SSSR count). The molecular weight excluding hydrogens is 414 g/mol. The number of nitrogens with zero attached hydrogens (tertiary/aromatic N) is 2. The number of carbonyl (C=O) groups is 1. The number of ether oxygens (including phenoxy) is 1. The molecule has 2 heterocycles. The number of aromatic amines is 1. The number of hydrogen-bond acceptors (Lipinski definition) is 5. The molecule has 0 radical (unpaired) electrons. The van der Waals surface area contributed by atoms with E-state index in [0.29, 0.717) is 22.5 Å². The van der Waals surface area contributed by atoms with Gasteiger partial charge in [-0.2, -0.15) is 0 Å². The first-order valence-electron chi connectivity index (χ1n) is 10.6. The third kappa shape index (κ3) is 4.87. The summed E-state index contributed by atoms with van der Waals surface area (Å²) >= 11 is 6.48. The number of fused-ring (bicyclic) bond motifs is 1. The molecule has 1 fully saturated rings. The lowest BCUT2D eigenvalue weighted by atomic mass is 10.0. The number of piperazine rings is 1. The van der Waals surface area contributed by atoms with Crippen molar-refractivity contribution in [3.8, 4) is 22.8 Å². The average molecular weight is 442 g/mol. The second-order valence-corrected chi connectivity index (χ2v) is 8.56. The van der Waals surface area contributed by atoms with Crippen LogP contribution < -0.4 is 4.74 Å². The van der Waals surface area contributed by atoms with E-state index in [2.05, 4.69) is 21.8 Å². The summed E-state index contributed by atoms with van der Waals surface area (Å²) in [5, 5.41) is 11.3. The van der Waals surface area contributed by atoms with Gasteiger partial charge in [0.25, 0.3) is 0 Å². The Morgan fingerprint density at radius 1 is 1.16 bits per heavy atom.